The minimum absolute atomic E-state index is 0.187. The molecule has 0 aromatic rings. The number of ether oxygens (including phenoxy) is 7. The highest BCUT2D eigenvalue weighted by Gasteiger charge is 2.59. The molecule has 0 radical (unpaired) electrons. The van der Waals surface area contributed by atoms with Crippen LogP contribution < -0.4 is 0 Å². The Morgan fingerprint density at radius 3 is 2.36 bits per heavy atom. The summed E-state index contributed by atoms with van der Waals surface area (Å²) >= 11 is 0. The molecule has 0 spiro atoms. The monoisotopic (exact) mass is 316 g/mol. The van der Waals surface area contributed by atoms with Gasteiger partial charge in [0.25, 0.3) is 0 Å². The van der Waals surface area contributed by atoms with Crippen LogP contribution in [0.1, 0.15) is 27.7 Å². The third kappa shape index (κ3) is 2.91. The van der Waals surface area contributed by atoms with E-state index in [0.717, 1.165) is 6.61 Å². The smallest absolute Gasteiger partial charge is 0.190 e. The van der Waals surface area contributed by atoms with Crippen LogP contribution in [0.25, 0.3) is 0 Å². The lowest BCUT2D eigenvalue weighted by Crippen LogP contribution is -2.44. The number of rotatable bonds is 4. The SMILES string of the molecule is CC1(C)O[C@H]2O[C@H]([C@H]3COC(C)(C)O3)[C@H](OC[C@@H]3CO3)[C@H]2O1. The lowest BCUT2D eigenvalue weighted by Gasteiger charge is -2.28. The van der Waals surface area contributed by atoms with Crippen molar-refractivity contribution in [3.8, 4) is 0 Å². The standard InChI is InChI=1S/C15H24O7/c1-14(2)18-7-9(20-14)10-11(17-6-8-5-16-8)12-13(19-10)22-15(3,4)21-12/h8-13H,5-7H2,1-4H3/t8-,9+,10+,11-,12+,13+/m0/s1. The maximum Gasteiger partial charge on any atom is 0.190 e. The molecule has 0 saturated carbocycles. The van der Waals surface area contributed by atoms with Crippen LogP contribution in [0.2, 0.25) is 0 Å². The molecule has 0 aromatic carbocycles. The van der Waals surface area contributed by atoms with Gasteiger partial charge in [0.15, 0.2) is 17.9 Å². The first-order valence-electron chi connectivity index (χ1n) is 7.89. The van der Waals surface area contributed by atoms with Gasteiger partial charge in [-0.05, 0) is 27.7 Å². The zero-order valence-electron chi connectivity index (χ0n) is 13.4. The second-order valence-electron chi connectivity index (χ2n) is 7.19. The van der Waals surface area contributed by atoms with Gasteiger partial charge in [-0.2, -0.15) is 0 Å². The van der Waals surface area contributed by atoms with Crippen molar-refractivity contribution in [2.75, 3.05) is 19.8 Å². The van der Waals surface area contributed by atoms with Gasteiger partial charge in [0.1, 0.15) is 30.5 Å². The van der Waals surface area contributed by atoms with E-state index < -0.39 is 17.9 Å². The highest BCUT2D eigenvalue weighted by atomic mass is 16.8. The molecule has 0 amide bonds. The predicted molar refractivity (Wildman–Crippen MR) is 73.1 cm³/mol. The van der Waals surface area contributed by atoms with Crippen LogP contribution in [0.15, 0.2) is 0 Å². The van der Waals surface area contributed by atoms with E-state index in [2.05, 4.69) is 0 Å². The largest absolute Gasteiger partial charge is 0.371 e. The van der Waals surface area contributed by atoms with Gasteiger partial charge in [0.05, 0.1) is 19.8 Å². The first-order valence-corrected chi connectivity index (χ1v) is 7.89. The van der Waals surface area contributed by atoms with E-state index in [9.17, 15) is 0 Å². The fourth-order valence-corrected chi connectivity index (χ4v) is 3.25. The van der Waals surface area contributed by atoms with Crippen molar-refractivity contribution in [2.24, 2.45) is 0 Å². The number of epoxide rings is 1. The van der Waals surface area contributed by atoms with E-state index in [4.69, 9.17) is 33.2 Å². The Hall–Kier alpha value is -0.280. The number of hydrogen-bond acceptors (Lipinski definition) is 7. The van der Waals surface area contributed by atoms with Gasteiger partial charge in [-0.1, -0.05) is 0 Å². The van der Waals surface area contributed by atoms with Crippen molar-refractivity contribution in [3.05, 3.63) is 0 Å². The molecule has 22 heavy (non-hydrogen) atoms. The maximum atomic E-state index is 6.05. The summed E-state index contributed by atoms with van der Waals surface area (Å²) < 4.78 is 40.7. The molecule has 0 unspecified atom stereocenters. The van der Waals surface area contributed by atoms with Crippen LogP contribution in [-0.4, -0.2) is 68.2 Å². The molecule has 0 aliphatic carbocycles. The Morgan fingerprint density at radius 2 is 1.73 bits per heavy atom. The minimum Gasteiger partial charge on any atom is -0.371 e. The molecular weight excluding hydrogens is 292 g/mol. The summed E-state index contributed by atoms with van der Waals surface area (Å²) in [4.78, 5) is 0. The zero-order valence-corrected chi connectivity index (χ0v) is 13.4. The Balaban J connectivity index is 1.48. The van der Waals surface area contributed by atoms with Gasteiger partial charge >= 0.3 is 0 Å². The van der Waals surface area contributed by atoms with Crippen molar-refractivity contribution in [3.63, 3.8) is 0 Å². The topological polar surface area (TPSA) is 67.9 Å². The Bertz CT molecular complexity index is 434. The summed E-state index contributed by atoms with van der Waals surface area (Å²) in [5, 5.41) is 0. The van der Waals surface area contributed by atoms with E-state index in [1.54, 1.807) is 0 Å². The van der Waals surface area contributed by atoms with E-state index in [0.29, 0.717) is 13.2 Å². The first-order chi connectivity index (χ1) is 10.3. The molecule has 6 atom stereocenters. The molecule has 7 heteroatoms. The van der Waals surface area contributed by atoms with Crippen molar-refractivity contribution >= 4 is 0 Å². The van der Waals surface area contributed by atoms with Gasteiger partial charge in [-0.3, -0.25) is 0 Å². The van der Waals surface area contributed by atoms with Crippen molar-refractivity contribution < 1.29 is 33.2 Å². The van der Waals surface area contributed by atoms with Crippen LogP contribution in [0.4, 0.5) is 0 Å². The normalized spacial score (nSPS) is 48.5. The second kappa shape index (κ2) is 5.11. The third-order valence-electron chi connectivity index (χ3n) is 4.30. The second-order valence-corrected chi connectivity index (χ2v) is 7.19. The molecule has 4 aliphatic rings. The van der Waals surface area contributed by atoms with Crippen LogP contribution in [0, 0.1) is 0 Å². The van der Waals surface area contributed by atoms with Gasteiger partial charge in [0.2, 0.25) is 0 Å². The van der Waals surface area contributed by atoms with Crippen LogP contribution in [-0.2, 0) is 33.2 Å². The summed E-state index contributed by atoms with van der Waals surface area (Å²) in [6.45, 7) is 9.31. The molecule has 4 saturated heterocycles. The summed E-state index contributed by atoms with van der Waals surface area (Å²) in [6, 6.07) is 0. The minimum atomic E-state index is -0.662. The summed E-state index contributed by atoms with van der Waals surface area (Å²) in [5.74, 6) is -1.26. The molecule has 4 aliphatic heterocycles. The first kappa shape index (κ1) is 15.3. The molecule has 4 fully saturated rings. The van der Waals surface area contributed by atoms with Gasteiger partial charge < -0.3 is 33.2 Å². The highest BCUT2D eigenvalue weighted by molar-refractivity contribution is 4.99. The molecule has 7 nitrogen and oxygen atoms in total. The Kier molecular flexibility index (Phi) is 3.54. The molecule has 4 rings (SSSR count). The van der Waals surface area contributed by atoms with Gasteiger partial charge in [-0.15, -0.1) is 0 Å². The highest BCUT2D eigenvalue weighted by Crippen LogP contribution is 2.42. The van der Waals surface area contributed by atoms with Crippen molar-refractivity contribution in [1.82, 2.24) is 0 Å². The summed E-state index contributed by atoms with van der Waals surface area (Å²) in [7, 11) is 0. The Morgan fingerprint density at radius 1 is 0.955 bits per heavy atom. The van der Waals surface area contributed by atoms with E-state index >= 15 is 0 Å². The fourth-order valence-electron chi connectivity index (χ4n) is 3.25. The lowest BCUT2D eigenvalue weighted by atomic mass is 10.1. The lowest BCUT2D eigenvalue weighted by molar-refractivity contribution is -0.236. The van der Waals surface area contributed by atoms with Gasteiger partial charge in [0, 0.05) is 0 Å². The quantitative estimate of drug-likeness (QED) is 0.711. The molecule has 0 N–H and O–H groups in total. The van der Waals surface area contributed by atoms with E-state index in [1.165, 1.54) is 0 Å². The van der Waals surface area contributed by atoms with E-state index in [1.807, 2.05) is 27.7 Å². The number of hydrogen-bond donors (Lipinski definition) is 0. The van der Waals surface area contributed by atoms with Crippen LogP contribution >= 0.6 is 0 Å². The van der Waals surface area contributed by atoms with Crippen LogP contribution in [0.3, 0.4) is 0 Å². The number of fused-ring (bicyclic) bond motifs is 1. The molecule has 126 valence electrons. The Labute approximate surface area is 130 Å². The summed E-state index contributed by atoms with van der Waals surface area (Å²) in [6.07, 6.45) is -1.22. The average molecular weight is 316 g/mol. The summed E-state index contributed by atoms with van der Waals surface area (Å²) in [5.41, 5.74) is 0. The maximum absolute atomic E-state index is 6.05. The van der Waals surface area contributed by atoms with Crippen molar-refractivity contribution in [1.29, 1.82) is 0 Å². The predicted octanol–water partition coefficient (Wildman–Crippen LogP) is 0.798. The van der Waals surface area contributed by atoms with Crippen molar-refractivity contribution in [2.45, 2.75) is 76.1 Å². The third-order valence-corrected chi connectivity index (χ3v) is 4.30. The zero-order chi connectivity index (χ0) is 15.5. The molecule has 0 bridgehead atoms. The molecular formula is C15H24O7. The molecule has 0 aromatic heterocycles. The average Bonchev–Trinajstić information content (AvgIpc) is 2.99. The van der Waals surface area contributed by atoms with Gasteiger partial charge in [-0.25, -0.2) is 0 Å². The van der Waals surface area contributed by atoms with Crippen LogP contribution in [0.5, 0.6) is 0 Å². The van der Waals surface area contributed by atoms with E-state index in [-0.39, 0.29) is 30.5 Å². The fraction of sp³-hybridized carbons (Fsp3) is 1.00. The molecule has 4 heterocycles.